The zero-order chi connectivity index (χ0) is 34.3. The molecule has 14 nitrogen and oxygen atoms in total. The maximum absolute atomic E-state index is 13.9. The third-order valence-electron chi connectivity index (χ3n) is 9.43. The molecule has 2 fully saturated rings. The Morgan fingerprint density at radius 1 is 0.917 bits per heavy atom. The Labute approximate surface area is 276 Å². The number of rotatable bonds is 8. The van der Waals surface area contributed by atoms with Gasteiger partial charge in [0.1, 0.15) is 12.7 Å². The van der Waals surface area contributed by atoms with Crippen LogP contribution in [0.5, 0.6) is 0 Å². The van der Waals surface area contributed by atoms with Gasteiger partial charge < -0.3 is 43.0 Å². The van der Waals surface area contributed by atoms with E-state index in [1.807, 2.05) is 30.0 Å². The second kappa shape index (κ2) is 13.6. The molecule has 4 aliphatic rings. The third kappa shape index (κ3) is 6.38. The van der Waals surface area contributed by atoms with Gasteiger partial charge in [-0.15, -0.1) is 0 Å². The van der Waals surface area contributed by atoms with Crippen LogP contribution in [0.25, 0.3) is 10.9 Å². The van der Waals surface area contributed by atoms with Crippen LogP contribution in [0.3, 0.4) is 0 Å². The molecule has 0 aliphatic carbocycles. The van der Waals surface area contributed by atoms with Gasteiger partial charge in [-0.25, -0.2) is 0 Å². The standard InChI is InChI=1S/C34H40N2O12/c1-6-20-23-13-26-28-22(21-9-7-8-10-25(21)35-28)11-12-36(26)32(41)24(23)14-43-33(20)48-34-31(46-19(5)40)30(45-18(4)39)29(44-17(3)38)27(47-34)15-42-16(2)37/h7-10,14,20,23,26-27,29-31,33-35H,6,11-13,15H2,1-5H3/t20-,23+,26-,27-,29-,30+,31-,33+,34+/m1/s1. The summed E-state index contributed by atoms with van der Waals surface area (Å²) >= 11 is 0. The van der Waals surface area contributed by atoms with Crippen LogP contribution in [-0.2, 0) is 63.6 Å². The molecule has 1 aromatic carbocycles. The molecule has 1 aromatic heterocycles. The van der Waals surface area contributed by atoms with Gasteiger partial charge in [-0.2, -0.15) is 0 Å². The van der Waals surface area contributed by atoms with E-state index in [1.54, 1.807) is 0 Å². The second-order valence-electron chi connectivity index (χ2n) is 12.5. The van der Waals surface area contributed by atoms with E-state index in [1.165, 1.54) is 18.7 Å². The molecule has 0 radical (unpaired) electrons. The first-order chi connectivity index (χ1) is 23.0. The van der Waals surface area contributed by atoms with Crippen molar-refractivity contribution in [2.75, 3.05) is 13.2 Å². The highest BCUT2D eigenvalue weighted by molar-refractivity contribution is 5.96. The molecule has 4 aliphatic heterocycles. The number of piperidine rings is 1. The van der Waals surface area contributed by atoms with Gasteiger partial charge in [-0.3, -0.25) is 24.0 Å². The Kier molecular flexibility index (Phi) is 9.48. The van der Waals surface area contributed by atoms with Crippen LogP contribution in [0.4, 0.5) is 0 Å². The Balaban J connectivity index is 1.31. The lowest BCUT2D eigenvalue weighted by Gasteiger charge is -2.49. The molecule has 5 heterocycles. The lowest BCUT2D eigenvalue weighted by atomic mass is 9.73. The number of para-hydroxylation sites is 1. The van der Waals surface area contributed by atoms with E-state index in [2.05, 4.69) is 11.1 Å². The first-order valence-electron chi connectivity index (χ1n) is 16.2. The minimum absolute atomic E-state index is 0.0928. The third-order valence-corrected chi connectivity index (χ3v) is 9.43. The van der Waals surface area contributed by atoms with Crippen LogP contribution in [0, 0.1) is 11.8 Å². The van der Waals surface area contributed by atoms with Gasteiger partial charge in [0.2, 0.25) is 12.6 Å². The SMILES string of the molecule is CC[C@H]1[C@H](O[C@@H]2O[C@H](COC(C)=O)[C@@H](OC(C)=O)[C@H](OC(C)=O)[C@H]2OC(C)=O)OC=C2C(=O)N3CCc4c([nH]c5ccccc45)[C@H]3C[C@H]21. The van der Waals surface area contributed by atoms with Crippen molar-refractivity contribution < 1.29 is 57.1 Å². The van der Waals surface area contributed by atoms with Gasteiger partial charge in [0.05, 0.1) is 17.9 Å². The quantitative estimate of drug-likeness (QED) is 0.323. The number of benzene rings is 1. The molecular weight excluding hydrogens is 628 g/mol. The van der Waals surface area contributed by atoms with E-state index in [0.717, 1.165) is 43.8 Å². The number of hydrogen-bond acceptors (Lipinski definition) is 12. The molecule has 258 valence electrons. The fourth-order valence-corrected chi connectivity index (χ4v) is 7.51. The van der Waals surface area contributed by atoms with Gasteiger partial charge in [-0.1, -0.05) is 25.1 Å². The van der Waals surface area contributed by atoms with Crippen molar-refractivity contribution in [2.45, 2.75) is 96.9 Å². The number of esters is 4. The summed E-state index contributed by atoms with van der Waals surface area (Å²) in [6.45, 7) is 6.84. The van der Waals surface area contributed by atoms with E-state index in [4.69, 9.17) is 33.2 Å². The molecule has 0 unspecified atom stereocenters. The monoisotopic (exact) mass is 668 g/mol. The van der Waals surface area contributed by atoms with Crippen LogP contribution < -0.4 is 0 Å². The van der Waals surface area contributed by atoms with E-state index in [0.29, 0.717) is 25.0 Å². The van der Waals surface area contributed by atoms with E-state index < -0.39 is 60.9 Å². The van der Waals surface area contributed by atoms with Crippen LogP contribution in [-0.4, -0.2) is 89.8 Å². The first-order valence-corrected chi connectivity index (χ1v) is 16.2. The lowest BCUT2D eigenvalue weighted by Crippen LogP contribution is -2.63. The summed E-state index contributed by atoms with van der Waals surface area (Å²) in [6.07, 6.45) is -4.29. The molecule has 0 bridgehead atoms. The Morgan fingerprint density at radius 3 is 2.29 bits per heavy atom. The topological polar surface area (TPSA) is 169 Å². The van der Waals surface area contributed by atoms with Gasteiger partial charge in [0.25, 0.3) is 5.91 Å². The summed E-state index contributed by atoms with van der Waals surface area (Å²) in [7, 11) is 0. The molecule has 0 saturated carbocycles. The zero-order valence-electron chi connectivity index (χ0n) is 27.5. The predicted octanol–water partition coefficient (Wildman–Crippen LogP) is 2.98. The highest BCUT2D eigenvalue weighted by Crippen LogP contribution is 2.49. The summed E-state index contributed by atoms with van der Waals surface area (Å²) in [5.41, 5.74) is 3.84. The molecule has 1 amide bonds. The Morgan fingerprint density at radius 2 is 1.60 bits per heavy atom. The molecule has 6 rings (SSSR count). The van der Waals surface area contributed by atoms with Crippen LogP contribution in [0.2, 0.25) is 0 Å². The molecule has 9 atom stereocenters. The predicted molar refractivity (Wildman–Crippen MR) is 164 cm³/mol. The van der Waals surface area contributed by atoms with Crippen molar-refractivity contribution in [1.82, 2.24) is 9.88 Å². The number of aromatic nitrogens is 1. The van der Waals surface area contributed by atoms with Crippen molar-refractivity contribution in [2.24, 2.45) is 11.8 Å². The number of ether oxygens (including phenoxy) is 7. The van der Waals surface area contributed by atoms with Crippen LogP contribution in [0.15, 0.2) is 36.1 Å². The van der Waals surface area contributed by atoms with Gasteiger partial charge >= 0.3 is 23.9 Å². The molecule has 2 aromatic rings. The van der Waals surface area contributed by atoms with Crippen molar-refractivity contribution in [3.05, 3.63) is 47.4 Å². The number of carbonyl (C=O) groups is 5. The van der Waals surface area contributed by atoms with Crippen molar-refractivity contribution in [1.29, 1.82) is 0 Å². The minimum Gasteiger partial charge on any atom is -0.472 e. The van der Waals surface area contributed by atoms with Gasteiger partial charge in [-0.05, 0) is 30.9 Å². The van der Waals surface area contributed by atoms with E-state index >= 15 is 0 Å². The molecule has 1 N–H and O–H groups in total. The molecule has 48 heavy (non-hydrogen) atoms. The maximum Gasteiger partial charge on any atom is 0.303 e. The number of amides is 1. The number of carbonyl (C=O) groups excluding carboxylic acids is 5. The maximum atomic E-state index is 13.9. The highest BCUT2D eigenvalue weighted by atomic mass is 16.8. The highest BCUT2D eigenvalue weighted by Gasteiger charge is 2.55. The average Bonchev–Trinajstić information content (AvgIpc) is 3.41. The van der Waals surface area contributed by atoms with E-state index in [9.17, 15) is 24.0 Å². The smallest absolute Gasteiger partial charge is 0.303 e. The van der Waals surface area contributed by atoms with Gasteiger partial charge in [0.15, 0.2) is 18.3 Å². The number of fused-ring (bicyclic) bond motifs is 6. The van der Waals surface area contributed by atoms with E-state index in [-0.39, 0.29) is 30.4 Å². The lowest BCUT2D eigenvalue weighted by molar-refractivity contribution is -0.344. The summed E-state index contributed by atoms with van der Waals surface area (Å²) in [6, 6.07) is 7.95. The molecular formula is C34H40N2O12. The summed E-state index contributed by atoms with van der Waals surface area (Å²) < 4.78 is 40.4. The number of aromatic amines is 1. The summed E-state index contributed by atoms with van der Waals surface area (Å²) in [5.74, 6) is -3.51. The molecule has 14 heteroatoms. The van der Waals surface area contributed by atoms with Crippen LogP contribution >= 0.6 is 0 Å². The Hall–Kier alpha value is -4.43. The number of nitrogens with zero attached hydrogens (tertiary/aromatic N) is 1. The fraction of sp³-hybridized carbons (Fsp3) is 0.559. The van der Waals surface area contributed by atoms with Crippen molar-refractivity contribution in [3.8, 4) is 0 Å². The normalized spacial score (nSPS) is 30.9. The van der Waals surface area contributed by atoms with Crippen molar-refractivity contribution >= 4 is 40.7 Å². The number of nitrogens with one attached hydrogen (secondary N) is 1. The number of hydrogen-bond donors (Lipinski definition) is 1. The second-order valence-corrected chi connectivity index (χ2v) is 12.5. The molecule has 2 saturated heterocycles. The van der Waals surface area contributed by atoms with Gasteiger partial charge in [0, 0.05) is 62.7 Å². The van der Waals surface area contributed by atoms with Crippen LogP contribution in [0.1, 0.15) is 64.8 Å². The van der Waals surface area contributed by atoms with Crippen molar-refractivity contribution in [3.63, 3.8) is 0 Å². The minimum atomic E-state index is -1.41. The average molecular weight is 669 g/mol. The largest absolute Gasteiger partial charge is 0.472 e. The Bertz CT molecular complexity index is 1630. The fourth-order valence-electron chi connectivity index (χ4n) is 7.51. The first kappa shape index (κ1) is 33.5. The number of H-pyrrole nitrogens is 1. The molecule has 0 spiro atoms. The summed E-state index contributed by atoms with van der Waals surface area (Å²) in [5, 5.41) is 1.16. The summed E-state index contributed by atoms with van der Waals surface area (Å²) in [4.78, 5) is 67.8. The zero-order valence-corrected chi connectivity index (χ0v) is 27.5.